The van der Waals surface area contributed by atoms with Gasteiger partial charge in [0.05, 0.1) is 16.7 Å². The summed E-state index contributed by atoms with van der Waals surface area (Å²) in [6.07, 6.45) is 0. The molecule has 0 aliphatic rings. The number of aromatic nitrogens is 3. The van der Waals surface area contributed by atoms with Crippen molar-refractivity contribution in [2.24, 2.45) is 0 Å². The van der Waals surface area contributed by atoms with Crippen molar-refractivity contribution in [1.29, 1.82) is 0 Å². The molecule has 0 aliphatic heterocycles. The highest BCUT2D eigenvalue weighted by atomic mass is 79.9. The van der Waals surface area contributed by atoms with Crippen LogP contribution in [0.2, 0.25) is 0 Å². The van der Waals surface area contributed by atoms with Crippen molar-refractivity contribution in [3.05, 3.63) is 114 Å². The molecule has 2 heterocycles. The van der Waals surface area contributed by atoms with E-state index < -0.39 is 0 Å². The van der Waals surface area contributed by atoms with E-state index in [0.29, 0.717) is 5.82 Å². The van der Waals surface area contributed by atoms with Crippen LogP contribution in [0, 0.1) is 0 Å². The zero-order chi connectivity index (χ0) is 21.5. The van der Waals surface area contributed by atoms with Gasteiger partial charge >= 0.3 is 0 Å². The molecule has 0 fully saturated rings. The Morgan fingerprint density at radius 3 is 1.81 bits per heavy atom. The van der Waals surface area contributed by atoms with Gasteiger partial charge in [-0.05, 0) is 24.3 Å². The number of hydrogen-bond acceptors (Lipinski definition) is 2. The summed E-state index contributed by atoms with van der Waals surface area (Å²) in [7, 11) is 0. The molecular formula is C28H18BrN3. The first-order chi connectivity index (χ1) is 15.8. The van der Waals surface area contributed by atoms with Crippen LogP contribution in [-0.4, -0.2) is 14.5 Å². The van der Waals surface area contributed by atoms with E-state index in [9.17, 15) is 0 Å². The second-order valence-electron chi connectivity index (χ2n) is 7.68. The maximum atomic E-state index is 5.03. The van der Waals surface area contributed by atoms with Crippen LogP contribution in [0.25, 0.3) is 50.3 Å². The van der Waals surface area contributed by atoms with Gasteiger partial charge in [0, 0.05) is 32.4 Å². The molecule has 0 amide bonds. The minimum atomic E-state index is 0.711. The lowest BCUT2D eigenvalue weighted by Gasteiger charge is -2.12. The first-order valence-corrected chi connectivity index (χ1v) is 11.3. The van der Waals surface area contributed by atoms with Crippen LogP contribution < -0.4 is 0 Å². The van der Waals surface area contributed by atoms with Gasteiger partial charge in [0.25, 0.3) is 0 Å². The average Bonchev–Trinajstić information content (AvgIpc) is 3.19. The third kappa shape index (κ3) is 3.20. The number of nitrogens with zero attached hydrogens (tertiary/aromatic N) is 3. The van der Waals surface area contributed by atoms with Gasteiger partial charge in [-0.1, -0.05) is 94.8 Å². The third-order valence-electron chi connectivity index (χ3n) is 5.69. The fraction of sp³-hybridized carbons (Fsp3) is 0. The highest BCUT2D eigenvalue weighted by Crippen LogP contribution is 2.33. The van der Waals surface area contributed by atoms with Gasteiger partial charge < -0.3 is 0 Å². The zero-order valence-corrected chi connectivity index (χ0v) is 18.7. The van der Waals surface area contributed by atoms with E-state index >= 15 is 0 Å². The molecule has 0 aliphatic carbocycles. The largest absolute Gasteiger partial charge is 0.294 e. The molecule has 0 saturated heterocycles. The highest BCUT2D eigenvalue weighted by molar-refractivity contribution is 9.10. The van der Waals surface area contributed by atoms with Crippen LogP contribution in [0.3, 0.4) is 0 Å². The Morgan fingerprint density at radius 1 is 0.562 bits per heavy atom. The highest BCUT2D eigenvalue weighted by Gasteiger charge is 2.15. The van der Waals surface area contributed by atoms with Crippen molar-refractivity contribution in [2.75, 3.05) is 0 Å². The Kier molecular flexibility index (Phi) is 4.58. The van der Waals surface area contributed by atoms with E-state index in [1.54, 1.807) is 0 Å². The Hall–Kier alpha value is -3.76. The number of hydrogen-bond donors (Lipinski definition) is 0. The van der Waals surface area contributed by atoms with Crippen LogP contribution in [0.4, 0.5) is 0 Å². The molecule has 4 heteroatoms. The molecule has 4 aromatic carbocycles. The first-order valence-electron chi connectivity index (χ1n) is 10.5. The minimum absolute atomic E-state index is 0.711. The number of halogens is 1. The predicted molar refractivity (Wildman–Crippen MR) is 135 cm³/mol. The summed E-state index contributed by atoms with van der Waals surface area (Å²) in [6.45, 7) is 0. The average molecular weight is 476 g/mol. The molecule has 0 atom stereocenters. The van der Waals surface area contributed by atoms with Gasteiger partial charge in [-0.15, -0.1) is 0 Å². The SMILES string of the molecule is Brc1ccc(-c2cc(-n3c4ccccc4c4ccccc43)nc(-c3ccccc3)n2)cc1. The monoisotopic (exact) mass is 475 g/mol. The standard InChI is InChI=1S/C28H18BrN3/c29-21-16-14-19(15-17-21)24-18-27(31-28(30-24)20-8-2-1-3-9-20)32-25-12-6-4-10-22(25)23-11-5-7-13-26(23)32/h1-18H. The van der Waals surface area contributed by atoms with E-state index in [4.69, 9.17) is 9.97 Å². The second kappa shape index (κ2) is 7.74. The molecule has 3 nitrogen and oxygen atoms in total. The summed E-state index contributed by atoms with van der Waals surface area (Å²) in [4.78, 5) is 9.97. The summed E-state index contributed by atoms with van der Waals surface area (Å²) >= 11 is 3.53. The molecule has 6 aromatic rings. The number of rotatable bonds is 3. The van der Waals surface area contributed by atoms with Gasteiger partial charge in [0.15, 0.2) is 5.82 Å². The van der Waals surface area contributed by atoms with Crippen LogP contribution in [0.5, 0.6) is 0 Å². The summed E-state index contributed by atoms with van der Waals surface area (Å²) < 4.78 is 3.28. The van der Waals surface area contributed by atoms with Gasteiger partial charge in [-0.3, -0.25) is 4.57 Å². The maximum absolute atomic E-state index is 5.03. The quantitative estimate of drug-likeness (QED) is 0.262. The first kappa shape index (κ1) is 19.0. The van der Waals surface area contributed by atoms with E-state index in [2.05, 4.69) is 99.4 Å². The Morgan fingerprint density at radius 2 is 1.16 bits per heavy atom. The summed E-state index contributed by atoms with van der Waals surface area (Å²) in [6, 6.07) is 37.4. The van der Waals surface area contributed by atoms with Crippen molar-refractivity contribution in [3.8, 4) is 28.5 Å². The van der Waals surface area contributed by atoms with Crippen LogP contribution in [0.1, 0.15) is 0 Å². The summed E-state index contributed by atoms with van der Waals surface area (Å²) in [5.74, 6) is 1.57. The fourth-order valence-corrected chi connectivity index (χ4v) is 4.47. The Bertz CT molecular complexity index is 1510. The topological polar surface area (TPSA) is 30.7 Å². The maximum Gasteiger partial charge on any atom is 0.162 e. The lowest BCUT2D eigenvalue weighted by Crippen LogP contribution is -2.02. The molecule has 2 aromatic heterocycles. The smallest absolute Gasteiger partial charge is 0.162 e. The molecule has 0 spiro atoms. The lowest BCUT2D eigenvalue weighted by molar-refractivity contribution is 1.05. The summed E-state index contributed by atoms with van der Waals surface area (Å²) in [5, 5.41) is 2.43. The zero-order valence-electron chi connectivity index (χ0n) is 17.1. The van der Waals surface area contributed by atoms with Crippen molar-refractivity contribution in [3.63, 3.8) is 0 Å². The van der Waals surface area contributed by atoms with E-state index in [1.807, 2.05) is 30.3 Å². The van der Waals surface area contributed by atoms with Crippen LogP contribution in [-0.2, 0) is 0 Å². The van der Waals surface area contributed by atoms with Crippen LogP contribution >= 0.6 is 15.9 Å². The minimum Gasteiger partial charge on any atom is -0.294 e. The number of benzene rings is 4. The van der Waals surface area contributed by atoms with Gasteiger partial charge in [0.1, 0.15) is 5.82 Å². The molecule has 0 unspecified atom stereocenters. The van der Waals surface area contributed by atoms with Gasteiger partial charge in [-0.25, -0.2) is 9.97 Å². The molecule has 152 valence electrons. The Labute approximate surface area is 194 Å². The Balaban J connectivity index is 1.68. The van der Waals surface area contributed by atoms with Crippen molar-refractivity contribution in [1.82, 2.24) is 14.5 Å². The van der Waals surface area contributed by atoms with Crippen LogP contribution in [0.15, 0.2) is 114 Å². The van der Waals surface area contributed by atoms with Gasteiger partial charge in [0.2, 0.25) is 0 Å². The van der Waals surface area contributed by atoms with Crippen molar-refractivity contribution in [2.45, 2.75) is 0 Å². The summed E-state index contributed by atoms with van der Waals surface area (Å²) in [5.41, 5.74) is 5.20. The molecular weight excluding hydrogens is 458 g/mol. The normalized spacial score (nSPS) is 11.3. The lowest BCUT2D eigenvalue weighted by atomic mass is 10.1. The van der Waals surface area contributed by atoms with E-state index in [0.717, 1.165) is 38.1 Å². The van der Waals surface area contributed by atoms with E-state index in [-0.39, 0.29) is 0 Å². The van der Waals surface area contributed by atoms with Gasteiger partial charge in [-0.2, -0.15) is 0 Å². The molecule has 0 radical (unpaired) electrons. The van der Waals surface area contributed by atoms with Crippen molar-refractivity contribution < 1.29 is 0 Å². The predicted octanol–water partition coefficient (Wildman–Crippen LogP) is 7.67. The number of fused-ring (bicyclic) bond motifs is 3. The molecule has 6 rings (SSSR count). The second-order valence-corrected chi connectivity index (χ2v) is 8.59. The fourth-order valence-electron chi connectivity index (χ4n) is 4.20. The molecule has 0 N–H and O–H groups in total. The molecule has 0 bridgehead atoms. The molecule has 0 saturated carbocycles. The molecule has 32 heavy (non-hydrogen) atoms. The van der Waals surface area contributed by atoms with E-state index in [1.165, 1.54) is 10.8 Å². The van der Waals surface area contributed by atoms with Crippen molar-refractivity contribution >= 4 is 37.7 Å². The third-order valence-corrected chi connectivity index (χ3v) is 6.22. The number of para-hydroxylation sites is 2.